The summed E-state index contributed by atoms with van der Waals surface area (Å²) in [5.41, 5.74) is 0.411. The zero-order valence-corrected chi connectivity index (χ0v) is 12.2. The lowest BCUT2D eigenvalue weighted by molar-refractivity contribution is 0.465. The second-order valence-corrected chi connectivity index (χ2v) is 7.63. The Morgan fingerprint density at radius 1 is 1.10 bits per heavy atom. The van der Waals surface area contributed by atoms with Crippen molar-refractivity contribution < 1.29 is 25.9 Å². The van der Waals surface area contributed by atoms with Crippen LogP contribution in [0.5, 0.6) is 0 Å². The number of fused-ring (bicyclic) bond motifs is 1. The molecule has 110 valence electrons. The molecule has 0 aromatic heterocycles. The zero-order chi connectivity index (χ0) is 15.1. The van der Waals surface area contributed by atoms with Gasteiger partial charge in [0.15, 0.2) is 0 Å². The summed E-state index contributed by atoms with van der Waals surface area (Å²) in [4.78, 5) is -0.314. The molecule has 2 aliphatic carbocycles. The number of hydrogen-bond donors (Lipinski definition) is 2. The second-order valence-electron chi connectivity index (χ2n) is 4.77. The van der Waals surface area contributed by atoms with E-state index in [9.17, 15) is 21.4 Å². The van der Waals surface area contributed by atoms with E-state index in [1.807, 2.05) is 0 Å². The lowest BCUT2D eigenvalue weighted by atomic mass is 9.84. The number of allylic oxidation sites excluding steroid dienone is 8. The lowest BCUT2D eigenvalue weighted by Gasteiger charge is -2.26. The second kappa shape index (κ2) is 4.96. The van der Waals surface area contributed by atoms with Crippen molar-refractivity contribution in [2.75, 3.05) is 0 Å². The quantitative estimate of drug-likeness (QED) is 0.750. The van der Waals surface area contributed by atoms with E-state index in [-0.39, 0.29) is 16.2 Å². The van der Waals surface area contributed by atoms with Crippen molar-refractivity contribution in [1.29, 1.82) is 0 Å². The normalized spacial score (nSPS) is 27.1. The fourth-order valence-corrected chi connectivity index (χ4v) is 4.23. The molecule has 0 radical (unpaired) electrons. The van der Waals surface area contributed by atoms with Gasteiger partial charge >= 0.3 is 0 Å². The van der Waals surface area contributed by atoms with Crippen LogP contribution in [0, 0.1) is 11.8 Å². The zero-order valence-electron chi connectivity index (χ0n) is 10.6. The minimum atomic E-state index is -4.37. The van der Waals surface area contributed by atoms with E-state index in [4.69, 9.17) is 4.55 Å². The van der Waals surface area contributed by atoms with E-state index in [1.54, 1.807) is 13.0 Å². The average Bonchev–Trinajstić information content (AvgIpc) is 2.48. The van der Waals surface area contributed by atoms with Crippen LogP contribution in [0.3, 0.4) is 0 Å². The van der Waals surface area contributed by atoms with E-state index in [1.165, 1.54) is 24.3 Å². The van der Waals surface area contributed by atoms with Gasteiger partial charge in [-0.05, 0) is 30.9 Å². The number of rotatable bonds is 2. The first kappa shape index (κ1) is 15.2. The van der Waals surface area contributed by atoms with Crippen LogP contribution in [0.15, 0.2) is 45.8 Å². The Bertz CT molecular complexity index is 750. The molecule has 0 aromatic carbocycles. The summed E-state index contributed by atoms with van der Waals surface area (Å²) < 4.78 is 63.8. The Morgan fingerprint density at radius 3 is 2.30 bits per heavy atom. The van der Waals surface area contributed by atoms with Gasteiger partial charge in [-0.3, -0.25) is 9.11 Å². The minimum absolute atomic E-state index is 0.0285. The maximum absolute atomic E-state index is 11.5. The van der Waals surface area contributed by atoms with Crippen molar-refractivity contribution in [3.8, 4) is 0 Å². The third-order valence-electron chi connectivity index (χ3n) is 3.39. The molecule has 8 heteroatoms. The van der Waals surface area contributed by atoms with Crippen molar-refractivity contribution in [3.05, 3.63) is 45.8 Å². The van der Waals surface area contributed by atoms with Gasteiger partial charge in [0.1, 0.15) is 0 Å². The van der Waals surface area contributed by atoms with Gasteiger partial charge < -0.3 is 0 Å². The first-order valence-corrected chi connectivity index (χ1v) is 8.70. The predicted molar refractivity (Wildman–Crippen MR) is 73.8 cm³/mol. The molecule has 2 N–H and O–H groups in total. The van der Waals surface area contributed by atoms with Crippen LogP contribution in [0.4, 0.5) is 0 Å². The van der Waals surface area contributed by atoms with Gasteiger partial charge in [0.25, 0.3) is 20.2 Å². The van der Waals surface area contributed by atoms with E-state index in [0.717, 1.165) is 0 Å². The van der Waals surface area contributed by atoms with Gasteiger partial charge in [-0.1, -0.05) is 24.3 Å². The SMILES string of the molecule is CC1=C(S(=O)(=O)O)C2C=CC=C(S(=O)(=O)O)CC2C=C1. The third kappa shape index (κ3) is 2.93. The molecule has 0 aromatic rings. The van der Waals surface area contributed by atoms with Crippen LogP contribution >= 0.6 is 0 Å². The Labute approximate surface area is 117 Å². The van der Waals surface area contributed by atoms with Crippen molar-refractivity contribution in [1.82, 2.24) is 0 Å². The van der Waals surface area contributed by atoms with Crippen LogP contribution < -0.4 is 0 Å². The highest BCUT2D eigenvalue weighted by Gasteiger charge is 2.35. The van der Waals surface area contributed by atoms with Crippen LogP contribution in [0.1, 0.15) is 13.3 Å². The smallest absolute Gasteiger partial charge is 0.282 e. The third-order valence-corrected chi connectivity index (χ3v) is 5.51. The van der Waals surface area contributed by atoms with Crippen molar-refractivity contribution >= 4 is 20.2 Å². The molecule has 0 amide bonds. The van der Waals surface area contributed by atoms with Gasteiger partial charge in [-0.25, -0.2) is 0 Å². The first-order valence-electron chi connectivity index (χ1n) is 5.82. The molecule has 0 heterocycles. The molecule has 20 heavy (non-hydrogen) atoms. The molecule has 0 saturated heterocycles. The van der Waals surface area contributed by atoms with E-state index in [2.05, 4.69) is 0 Å². The summed E-state index contributed by atoms with van der Waals surface area (Å²) in [6, 6.07) is 0. The molecule has 0 fully saturated rings. The highest BCUT2D eigenvalue weighted by Crippen LogP contribution is 2.39. The summed E-state index contributed by atoms with van der Waals surface area (Å²) in [6.45, 7) is 1.56. The standard InChI is InChI=1S/C12H14O6S2/c1-8-5-6-9-7-10(19(13,14)15)3-2-4-11(9)12(8)20(16,17)18/h2-6,9,11H,7H2,1H3,(H,13,14,15)(H,16,17,18). The van der Waals surface area contributed by atoms with Gasteiger partial charge in [0, 0.05) is 5.92 Å². The van der Waals surface area contributed by atoms with E-state index < -0.39 is 32.1 Å². The van der Waals surface area contributed by atoms with Gasteiger partial charge in [-0.2, -0.15) is 16.8 Å². The van der Waals surface area contributed by atoms with Gasteiger partial charge in [0.05, 0.1) is 9.81 Å². The van der Waals surface area contributed by atoms with Gasteiger partial charge in [0.2, 0.25) is 0 Å². The Balaban J connectivity index is 2.48. The lowest BCUT2D eigenvalue weighted by Crippen LogP contribution is -2.23. The number of hydrogen-bond acceptors (Lipinski definition) is 4. The van der Waals surface area contributed by atoms with Crippen LogP contribution in [0.2, 0.25) is 0 Å². The fraction of sp³-hybridized carbons (Fsp3) is 0.333. The monoisotopic (exact) mass is 318 g/mol. The van der Waals surface area contributed by atoms with E-state index >= 15 is 0 Å². The maximum Gasteiger partial charge on any atom is 0.291 e. The van der Waals surface area contributed by atoms with Crippen molar-refractivity contribution in [2.24, 2.45) is 11.8 Å². The summed E-state index contributed by atoms with van der Waals surface area (Å²) in [7, 11) is -8.69. The summed E-state index contributed by atoms with van der Waals surface area (Å²) >= 11 is 0. The molecule has 0 saturated carbocycles. The van der Waals surface area contributed by atoms with Crippen LogP contribution in [-0.2, 0) is 20.2 Å². The highest BCUT2D eigenvalue weighted by atomic mass is 32.2. The topological polar surface area (TPSA) is 109 Å². The molecule has 2 unspecified atom stereocenters. The molecule has 0 spiro atoms. The molecular formula is C12H14O6S2. The summed E-state index contributed by atoms with van der Waals surface area (Å²) in [6.07, 6.45) is 7.32. The summed E-state index contributed by atoms with van der Waals surface area (Å²) in [5, 5.41) is 0. The predicted octanol–water partition coefficient (Wildman–Crippen LogP) is 1.68. The molecule has 2 atom stereocenters. The molecule has 0 bridgehead atoms. The first-order chi connectivity index (χ1) is 9.10. The van der Waals surface area contributed by atoms with Crippen LogP contribution in [0.25, 0.3) is 0 Å². The molecule has 0 aliphatic heterocycles. The van der Waals surface area contributed by atoms with Gasteiger partial charge in [-0.15, -0.1) is 0 Å². The Kier molecular flexibility index (Phi) is 3.76. The fourth-order valence-electron chi connectivity index (χ4n) is 2.50. The summed E-state index contributed by atoms with van der Waals surface area (Å²) in [5.74, 6) is -1.10. The molecular weight excluding hydrogens is 304 g/mol. The maximum atomic E-state index is 11.5. The molecule has 6 nitrogen and oxygen atoms in total. The molecule has 2 aliphatic rings. The Morgan fingerprint density at radius 2 is 1.75 bits per heavy atom. The van der Waals surface area contributed by atoms with Crippen molar-refractivity contribution in [3.63, 3.8) is 0 Å². The Hall–Kier alpha value is -1.22. The van der Waals surface area contributed by atoms with Crippen molar-refractivity contribution in [2.45, 2.75) is 13.3 Å². The molecule has 2 rings (SSSR count). The highest BCUT2D eigenvalue weighted by molar-refractivity contribution is 7.90. The minimum Gasteiger partial charge on any atom is -0.282 e. The average molecular weight is 318 g/mol. The largest absolute Gasteiger partial charge is 0.291 e. The van der Waals surface area contributed by atoms with E-state index in [0.29, 0.717) is 5.57 Å². The van der Waals surface area contributed by atoms with Crippen LogP contribution in [-0.4, -0.2) is 25.9 Å².